The molecule has 1 amide bonds. The third-order valence-corrected chi connectivity index (χ3v) is 6.09. The van der Waals surface area contributed by atoms with E-state index in [0.717, 1.165) is 16.7 Å². The van der Waals surface area contributed by atoms with Crippen LogP contribution in [0.4, 0.5) is 5.69 Å². The number of nitrogens with one attached hydrogen (secondary N) is 1. The second-order valence-electron chi connectivity index (χ2n) is 11.0. The lowest BCUT2D eigenvalue weighted by Gasteiger charge is -2.28. The minimum absolute atomic E-state index is 0.169. The van der Waals surface area contributed by atoms with Crippen molar-refractivity contribution in [2.45, 2.75) is 65.2 Å². The highest BCUT2D eigenvalue weighted by atomic mass is 35.5. The lowest BCUT2D eigenvalue weighted by molar-refractivity contribution is -0.384. The van der Waals surface area contributed by atoms with E-state index in [1.54, 1.807) is 18.2 Å². The summed E-state index contributed by atoms with van der Waals surface area (Å²) in [7, 11) is 0. The summed E-state index contributed by atoms with van der Waals surface area (Å²) in [4.78, 5) is 23.2. The van der Waals surface area contributed by atoms with Crippen LogP contribution in [-0.2, 0) is 22.0 Å². The average Bonchev–Trinajstić information content (AvgIpc) is 3.25. The maximum Gasteiger partial charge on any atom is 0.281 e. The molecule has 0 atom stereocenters. The third-order valence-electron chi connectivity index (χ3n) is 5.86. The highest BCUT2D eigenvalue weighted by molar-refractivity contribution is 6.30. The quantitative estimate of drug-likeness (QED) is 0.198. The van der Waals surface area contributed by atoms with Crippen LogP contribution in [-0.4, -0.2) is 22.2 Å². The zero-order valence-electron chi connectivity index (χ0n) is 21.9. The molecule has 3 aromatic rings. The predicted molar refractivity (Wildman–Crippen MR) is 145 cm³/mol. The fourth-order valence-electron chi connectivity index (χ4n) is 3.89. The molecule has 0 aliphatic rings. The van der Waals surface area contributed by atoms with Crippen molar-refractivity contribution in [1.29, 1.82) is 0 Å². The van der Waals surface area contributed by atoms with Gasteiger partial charge in [-0.25, -0.2) is 5.43 Å². The third kappa shape index (κ3) is 6.98. The summed E-state index contributed by atoms with van der Waals surface area (Å²) in [6.07, 6.45) is 2.02. The highest BCUT2D eigenvalue weighted by Crippen LogP contribution is 2.40. The van der Waals surface area contributed by atoms with Crippen molar-refractivity contribution in [3.8, 4) is 17.1 Å². The van der Waals surface area contributed by atoms with Gasteiger partial charge in [0.05, 0.1) is 16.7 Å². The first-order valence-electron chi connectivity index (χ1n) is 11.9. The molecule has 9 heteroatoms. The number of aryl methyl sites for hydroxylation is 1. The molecule has 2 aromatic carbocycles. The predicted octanol–water partition coefficient (Wildman–Crippen LogP) is 6.89. The van der Waals surface area contributed by atoms with Crippen molar-refractivity contribution >= 4 is 29.4 Å². The van der Waals surface area contributed by atoms with Crippen LogP contribution in [0.1, 0.15) is 70.4 Å². The van der Waals surface area contributed by atoms with E-state index in [1.165, 1.54) is 18.3 Å². The van der Waals surface area contributed by atoms with Gasteiger partial charge in [-0.15, -0.1) is 0 Å². The van der Waals surface area contributed by atoms with Crippen molar-refractivity contribution in [2.24, 2.45) is 5.10 Å². The van der Waals surface area contributed by atoms with Crippen LogP contribution in [0.15, 0.2) is 52.0 Å². The van der Waals surface area contributed by atoms with Crippen LogP contribution in [0.2, 0.25) is 5.02 Å². The Kier molecular flexibility index (Phi) is 8.12. The van der Waals surface area contributed by atoms with E-state index >= 15 is 0 Å². The van der Waals surface area contributed by atoms with E-state index in [4.69, 9.17) is 16.0 Å². The van der Waals surface area contributed by atoms with Gasteiger partial charge in [0.25, 0.3) is 5.69 Å². The molecule has 0 aliphatic carbocycles. The van der Waals surface area contributed by atoms with E-state index in [2.05, 4.69) is 10.5 Å². The summed E-state index contributed by atoms with van der Waals surface area (Å²) in [5, 5.41) is 26.4. The summed E-state index contributed by atoms with van der Waals surface area (Å²) in [6.45, 7) is 12.3. The first-order valence-corrected chi connectivity index (χ1v) is 12.3. The number of nitro benzene ring substituents is 1. The zero-order valence-corrected chi connectivity index (χ0v) is 22.6. The molecule has 0 aliphatic heterocycles. The van der Waals surface area contributed by atoms with E-state index < -0.39 is 4.92 Å². The second-order valence-corrected chi connectivity index (χ2v) is 11.4. The van der Waals surface area contributed by atoms with E-state index in [9.17, 15) is 20.0 Å². The van der Waals surface area contributed by atoms with Gasteiger partial charge < -0.3 is 9.52 Å². The van der Waals surface area contributed by atoms with E-state index in [-0.39, 0.29) is 45.2 Å². The number of amides is 1. The molecule has 196 valence electrons. The molecule has 8 nitrogen and oxygen atoms in total. The minimum atomic E-state index is -0.527. The Morgan fingerprint density at radius 3 is 2.27 bits per heavy atom. The van der Waals surface area contributed by atoms with Crippen molar-refractivity contribution < 1.29 is 19.2 Å². The Hall–Kier alpha value is -3.65. The first kappa shape index (κ1) is 27.9. The maximum absolute atomic E-state index is 12.4. The van der Waals surface area contributed by atoms with Gasteiger partial charge in [-0.05, 0) is 58.2 Å². The van der Waals surface area contributed by atoms with Crippen LogP contribution in [0.25, 0.3) is 11.3 Å². The number of phenolic OH excluding ortho intramolecular Hbond substituents is 1. The largest absolute Gasteiger partial charge is 0.507 e. The first-order chi connectivity index (χ1) is 17.2. The fraction of sp³-hybridized carbons (Fsp3) is 0.357. The molecular weight excluding hydrogens is 494 g/mol. The van der Waals surface area contributed by atoms with Crippen molar-refractivity contribution in [3.05, 3.63) is 80.1 Å². The molecule has 3 rings (SSSR count). The topological polar surface area (TPSA) is 118 Å². The molecular formula is C28H32ClN3O5. The Morgan fingerprint density at radius 1 is 1.08 bits per heavy atom. The zero-order chi connectivity index (χ0) is 27.5. The van der Waals surface area contributed by atoms with Crippen LogP contribution < -0.4 is 5.43 Å². The number of rotatable bonds is 7. The number of carbonyl (C=O) groups is 1. The van der Waals surface area contributed by atoms with Crippen LogP contribution in [0, 0.1) is 10.1 Å². The number of halogens is 1. The van der Waals surface area contributed by atoms with Crippen molar-refractivity contribution in [1.82, 2.24) is 5.43 Å². The Morgan fingerprint density at radius 2 is 1.70 bits per heavy atom. The minimum Gasteiger partial charge on any atom is -0.507 e. The molecule has 1 aromatic heterocycles. The SMILES string of the molecule is CC(C)(C)c1cc(CCC(=O)N/N=C\c2ccc(-c3ccc(Cl)cc3[N+](=O)[O-])o2)cc(C(C)(C)C)c1O. The fourth-order valence-corrected chi connectivity index (χ4v) is 4.06. The van der Waals surface area contributed by atoms with Gasteiger partial charge in [0.2, 0.25) is 5.91 Å². The lowest BCUT2D eigenvalue weighted by Crippen LogP contribution is -2.20. The second kappa shape index (κ2) is 10.8. The Labute approximate surface area is 221 Å². The maximum atomic E-state index is 12.4. The van der Waals surface area contributed by atoms with Crippen LogP contribution >= 0.6 is 11.6 Å². The Bertz CT molecular complexity index is 1310. The summed E-state index contributed by atoms with van der Waals surface area (Å²) in [5.41, 5.74) is 4.77. The smallest absolute Gasteiger partial charge is 0.281 e. The number of aromatic hydroxyl groups is 1. The van der Waals surface area contributed by atoms with E-state index in [1.807, 2.05) is 53.7 Å². The standard InChI is InChI=1S/C28H32ClN3O5/c1-27(2,3)21-13-17(14-22(26(21)34)28(4,5)6)7-12-25(33)31-30-16-19-9-11-24(37-19)20-10-8-18(29)15-23(20)32(35)36/h8-11,13-16,34H,7,12H2,1-6H3,(H,31,33)/b30-16-. The molecule has 0 unspecified atom stereocenters. The number of carbonyl (C=O) groups excluding carboxylic acids is 1. The number of phenols is 1. The van der Waals surface area contributed by atoms with Gasteiger partial charge in [-0.2, -0.15) is 5.10 Å². The Balaban J connectivity index is 1.67. The van der Waals surface area contributed by atoms with Gasteiger partial charge in [0.15, 0.2) is 0 Å². The number of furan rings is 1. The van der Waals surface area contributed by atoms with Gasteiger partial charge in [-0.1, -0.05) is 65.3 Å². The summed E-state index contributed by atoms with van der Waals surface area (Å²) >= 11 is 5.87. The van der Waals surface area contributed by atoms with Gasteiger partial charge in [0, 0.05) is 17.5 Å². The monoisotopic (exact) mass is 525 g/mol. The number of hydrogen-bond donors (Lipinski definition) is 2. The number of benzene rings is 2. The number of nitro groups is 1. The lowest BCUT2D eigenvalue weighted by atomic mass is 9.78. The van der Waals surface area contributed by atoms with Crippen LogP contribution in [0.5, 0.6) is 5.75 Å². The van der Waals surface area contributed by atoms with E-state index in [0.29, 0.717) is 17.9 Å². The van der Waals surface area contributed by atoms with Crippen molar-refractivity contribution in [3.63, 3.8) is 0 Å². The molecule has 0 saturated heterocycles. The molecule has 0 bridgehead atoms. The molecule has 37 heavy (non-hydrogen) atoms. The molecule has 1 heterocycles. The summed E-state index contributed by atoms with van der Waals surface area (Å²) in [5.74, 6) is 0.633. The average molecular weight is 526 g/mol. The number of nitrogens with zero attached hydrogens (tertiary/aromatic N) is 2. The van der Waals surface area contributed by atoms with Crippen LogP contribution in [0.3, 0.4) is 0 Å². The molecule has 2 N–H and O–H groups in total. The molecule has 0 radical (unpaired) electrons. The normalized spacial score (nSPS) is 12.2. The summed E-state index contributed by atoms with van der Waals surface area (Å²) in [6, 6.07) is 11.4. The number of hydrogen-bond acceptors (Lipinski definition) is 6. The number of hydrazone groups is 1. The molecule has 0 fully saturated rings. The van der Waals surface area contributed by atoms with Crippen molar-refractivity contribution in [2.75, 3.05) is 0 Å². The molecule has 0 saturated carbocycles. The summed E-state index contributed by atoms with van der Waals surface area (Å²) < 4.78 is 5.64. The van der Waals surface area contributed by atoms with Gasteiger partial charge in [-0.3, -0.25) is 14.9 Å². The van der Waals surface area contributed by atoms with Gasteiger partial charge in [0.1, 0.15) is 17.3 Å². The molecule has 0 spiro atoms. The highest BCUT2D eigenvalue weighted by Gasteiger charge is 2.26. The van der Waals surface area contributed by atoms with Gasteiger partial charge >= 0.3 is 0 Å².